The first-order valence-electron chi connectivity index (χ1n) is 13.5. The molecule has 40 heavy (non-hydrogen) atoms. The molecule has 0 saturated carbocycles. The number of carbonyl (C=O) groups is 1. The Labute approximate surface area is 235 Å². The number of benzene rings is 3. The summed E-state index contributed by atoms with van der Waals surface area (Å²) in [5, 5.41) is 0. The third-order valence-corrected chi connectivity index (χ3v) is 8.08. The van der Waals surface area contributed by atoms with E-state index in [0.717, 1.165) is 43.0 Å². The average molecular weight is 576 g/mol. The van der Waals surface area contributed by atoms with Gasteiger partial charge in [-0.25, -0.2) is 0 Å². The molecule has 216 valence electrons. The topological polar surface area (TPSA) is 63.7 Å². The predicted octanol–water partition coefficient (Wildman–Crippen LogP) is 8.04. The quantitative estimate of drug-likeness (QED) is 0.153. The molecule has 1 unspecified atom stereocenters. The highest BCUT2D eigenvalue weighted by Gasteiger charge is 2.32. The van der Waals surface area contributed by atoms with E-state index in [4.69, 9.17) is 4.18 Å². The molecule has 3 rings (SSSR count). The summed E-state index contributed by atoms with van der Waals surface area (Å²) in [6.07, 6.45) is 1.79. The molecule has 0 fully saturated rings. The van der Waals surface area contributed by atoms with Crippen LogP contribution in [0.15, 0.2) is 77.7 Å². The van der Waals surface area contributed by atoms with Crippen molar-refractivity contribution in [3.63, 3.8) is 0 Å². The third kappa shape index (κ3) is 8.58. The summed E-state index contributed by atoms with van der Waals surface area (Å²) in [6.45, 7) is 6.45. The molecule has 0 aromatic heterocycles. The maximum atomic E-state index is 13.4. The van der Waals surface area contributed by atoms with Crippen molar-refractivity contribution in [1.29, 1.82) is 0 Å². The van der Waals surface area contributed by atoms with Gasteiger partial charge in [0, 0.05) is 18.2 Å². The lowest BCUT2D eigenvalue weighted by Crippen LogP contribution is -2.37. The van der Waals surface area contributed by atoms with Crippen molar-refractivity contribution in [2.75, 3.05) is 0 Å². The molecule has 3 aromatic rings. The Bertz CT molecular complexity index is 1350. The molecule has 5 nitrogen and oxygen atoms in total. The van der Waals surface area contributed by atoms with Gasteiger partial charge in [0.2, 0.25) is 0 Å². The summed E-state index contributed by atoms with van der Waals surface area (Å²) in [5.74, 6) is -0.142. The number of rotatable bonds is 13. The Hall–Kier alpha value is -3.33. The van der Waals surface area contributed by atoms with Crippen LogP contribution in [0.4, 0.5) is 13.2 Å². The van der Waals surface area contributed by atoms with Gasteiger partial charge in [0.05, 0.1) is 5.56 Å². The van der Waals surface area contributed by atoms with Crippen LogP contribution < -0.4 is 4.18 Å². The van der Waals surface area contributed by atoms with Crippen molar-refractivity contribution < 1.29 is 30.6 Å². The lowest BCUT2D eigenvalue weighted by atomic mass is 10.0. The fourth-order valence-corrected chi connectivity index (χ4v) is 5.21. The fraction of sp³-hybridized carbons (Fsp3) is 0.387. The van der Waals surface area contributed by atoms with Crippen LogP contribution >= 0.6 is 0 Å². The number of hydrogen-bond donors (Lipinski definition) is 0. The Morgan fingerprint density at radius 2 is 1.55 bits per heavy atom. The molecule has 0 aliphatic carbocycles. The number of hydrogen-bond acceptors (Lipinski definition) is 4. The normalized spacial score (nSPS) is 12.7. The van der Waals surface area contributed by atoms with E-state index in [-0.39, 0.29) is 17.7 Å². The Morgan fingerprint density at radius 1 is 0.900 bits per heavy atom. The maximum Gasteiger partial charge on any atom is 0.416 e. The van der Waals surface area contributed by atoms with Gasteiger partial charge >= 0.3 is 16.3 Å². The first kappa shape index (κ1) is 31.2. The molecule has 0 aliphatic heterocycles. The van der Waals surface area contributed by atoms with E-state index in [1.807, 2.05) is 38.1 Å². The molecule has 0 heterocycles. The van der Waals surface area contributed by atoms with Crippen LogP contribution in [0, 0.1) is 0 Å². The zero-order chi connectivity index (χ0) is 29.3. The molecule has 0 aliphatic rings. The second-order valence-electron chi connectivity index (χ2n) is 9.90. The highest BCUT2D eigenvalue weighted by Crippen LogP contribution is 2.31. The molecule has 3 aromatic carbocycles. The van der Waals surface area contributed by atoms with Crippen molar-refractivity contribution in [3.8, 4) is 5.75 Å². The zero-order valence-electron chi connectivity index (χ0n) is 23.1. The number of carbonyl (C=O) groups excluding carboxylic acids is 1. The molecule has 1 amide bonds. The van der Waals surface area contributed by atoms with E-state index in [9.17, 15) is 26.4 Å². The predicted molar refractivity (Wildman–Crippen MR) is 150 cm³/mol. The van der Waals surface area contributed by atoms with Crippen LogP contribution in [0.3, 0.4) is 0 Å². The first-order valence-corrected chi connectivity index (χ1v) is 15.0. The third-order valence-electron chi connectivity index (χ3n) is 6.84. The SMILES string of the molecule is CCCCCCc1ccc(C(=O)N(Cc2ccc(OS(=O)(=O)c3cccc(C(F)(F)F)c3)cc2)C(C)CC)cc1. The number of nitrogens with zero attached hydrogens (tertiary/aromatic N) is 1. The Kier molecular flexibility index (Phi) is 10.8. The fourth-order valence-electron chi connectivity index (χ4n) is 4.23. The molecule has 0 N–H and O–H groups in total. The largest absolute Gasteiger partial charge is 0.416 e. The number of amides is 1. The van der Waals surface area contributed by atoms with Crippen LogP contribution in [-0.4, -0.2) is 25.3 Å². The summed E-state index contributed by atoms with van der Waals surface area (Å²) < 4.78 is 69.3. The number of aryl methyl sites for hydroxylation is 1. The van der Waals surface area contributed by atoms with Crippen molar-refractivity contribution in [2.45, 2.75) is 83.0 Å². The Balaban J connectivity index is 1.70. The van der Waals surface area contributed by atoms with Crippen LogP contribution in [-0.2, 0) is 29.3 Å². The summed E-state index contributed by atoms with van der Waals surface area (Å²) in [7, 11) is -4.48. The minimum absolute atomic E-state index is 0.0431. The van der Waals surface area contributed by atoms with Gasteiger partial charge in [0.1, 0.15) is 10.6 Å². The van der Waals surface area contributed by atoms with Crippen LogP contribution in [0.2, 0.25) is 0 Å². The van der Waals surface area contributed by atoms with Crippen molar-refractivity contribution in [3.05, 3.63) is 95.1 Å². The van der Waals surface area contributed by atoms with E-state index in [2.05, 4.69) is 6.92 Å². The van der Waals surface area contributed by atoms with Crippen molar-refractivity contribution in [2.24, 2.45) is 0 Å². The van der Waals surface area contributed by atoms with Crippen LogP contribution in [0.25, 0.3) is 0 Å². The van der Waals surface area contributed by atoms with Gasteiger partial charge in [-0.3, -0.25) is 4.79 Å². The van der Waals surface area contributed by atoms with E-state index < -0.39 is 26.8 Å². The van der Waals surface area contributed by atoms with Gasteiger partial charge in [-0.2, -0.15) is 21.6 Å². The molecule has 0 saturated heterocycles. The van der Waals surface area contributed by atoms with Gasteiger partial charge < -0.3 is 9.08 Å². The standard InChI is InChI=1S/C31H36F3NO4S/c1-4-6-7-8-10-24-13-17-26(18-14-24)30(36)35(23(3)5-2)22-25-15-19-28(20-16-25)39-40(37,38)29-12-9-11-27(21-29)31(32,33)34/h9,11-21,23H,4-8,10,22H2,1-3H3. The van der Waals surface area contributed by atoms with Gasteiger partial charge in [-0.15, -0.1) is 0 Å². The van der Waals surface area contributed by atoms with E-state index >= 15 is 0 Å². The van der Waals surface area contributed by atoms with Gasteiger partial charge in [-0.1, -0.05) is 63.4 Å². The minimum atomic E-state index is -4.68. The average Bonchev–Trinajstić information content (AvgIpc) is 2.94. The monoisotopic (exact) mass is 575 g/mol. The van der Waals surface area contributed by atoms with Crippen LogP contribution in [0.5, 0.6) is 5.75 Å². The van der Waals surface area contributed by atoms with Gasteiger partial charge in [0.25, 0.3) is 5.91 Å². The molecule has 0 spiro atoms. The highest BCUT2D eigenvalue weighted by molar-refractivity contribution is 7.87. The minimum Gasteiger partial charge on any atom is -0.379 e. The van der Waals surface area contributed by atoms with Crippen molar-refractivity contribution in [1.82, 2.24) is 4.90 Å². The Morgan fingerprint density at radius 3 is 2.15 bits per heavy atom. The first-order chi connectivity index (χ1) is 18.9. The molecule has 1 atom stereocenters. The summed E-state index contributed by atoms with van der Waals surface area (Å²) in [5.41, 5.74) is 1.48. The number of alkyl halides is 3. The van der Waals surface area contributed by atoms with E-state index in [1.54, 1.807) is 17.0 Å². The lowest BCUT2D eigenvalue weighted by Gasteiger charge is -2.29. The lowest BCUT2D eigenvalue weighted by molar-refractivity contribution is -0.137. The molecule has 0 bridgehead atoms. The molecular weight excluding hydrogens is 539 g/mol. The van der Waals surface area contributed by atoms with Gasteiger partial charge in [0.15, 0.2) is 0 Å². The van der Waals surface area contributed by atoms with Crippen LogP contribution in [0.1, 0.15) is 79.9 Å². The molecular formula is C31H36F3NO4S. The second kappa shape index (κ2) is 13.8. The van der Waals surface area contributed by atoms with E-state index in [0.29, 0.717) is 18.2 Å². The van der Waals surface area contributed by atoms with Gasteiger partial charge in [-0.05, 0) is 79.8 Å². The second-order valence-corrected chi connectivity index (χ2v) is 11.5. The van der Waals surface area contributed by atoms with Crippen molar-refractivity contribution >= 4 is 16.0 Å². The highest BCUT2D eigenvalue weighted by atomic mass is 32.2. The molecule has 0 radical (unpaired) electrons. The summed E-state index contributed by atoms with van der Waals surface area (Å²) in [4.78, 5) is 14.6. The number of unbranched alkanes of at least 4 members (excludes halogenated alkanes) is 3. The van der Waals surface area contributed by atoms with E-state index in [1.165, 1.54) is 37.0 Å². The molecule has 9 heteroatoms. The zero-order valence-corrected chi connectivity index (χ0v) is 23.9. The number of halogens is 3. The summed E-state index contributed by atoms with van der Waals surface area (Å²) >= 11 is 0. The smallest absolute Gasteiger partial charge is 0.379 e. The summed E-state index contributed by atoms with van der Waals surface area (Å²) in [6, 6.07) is 17.2. The maximum absolute atomic E-state index is 13.4.